The fourth-order valence-corrected chi connectivity index (χ4v) is 4.25. The lowest BCUT2D eigenvalue weighted by molar-refractivity contribution is -0.0500. The van der Waals surface area contributed by atoms with Crippen LogP contribution in [0.25, 0.3) is 0 Å². The van der Waals surface area contributed by atoms with Gasteiger partial charge in [0.2, 0.25) is 0 Å². The van der Waals surface area contributed by atoms with Crippen LogP contribution in [0, 0.1) is 12.3 Å². The molecule has 0 aromatic heterocycles. The van der Waals surface area contributed by atoms with E-state index in [2.05, 4.69) is 4.18 Å². The van der Waals surface area contributed by atoms with Crippen molar-refractivity contribution in [1.82, 2.24) is 0 Å². The maximum Gasteiger partial charge on any atom is 0.534 e. The van der Waals surface area contributed by atoms with Crippen molar-refractivity contribution >= 4 is 10.1 Å². The van der Waals surface area contributed by atoms with Crippen LogP contribution < -0.4 is 4.18 Å². The number of hydrogen-bond acceptors (Lipinski definition) is 3. The van der Waals surface area contributed by atoms with Crippen LogP contribution in [-0.2, 0) is 23.0 Å². The Morgan fingerprint density at radius 2 is 1.58 bits per heavy atom. The summed E-state index contributed by atoms with van der Waals surface area (Å²) in [6.07, 6.45) is 5.71. The van der Waals surface area contributed by atoms with E-state index in [0.717, 1.165) is 43.2 Å². The fourth-order valence-electron chi connectivity index (χ4n) is 3.76. The zero-order chi connectivity index (χ0) is 18.2. The lowest BCUT2D eigenvalue weighted by Gasteiger charge is -2.21. The molecule has 3 nitrogen and oxygen atoms in total. The monoisotopic (exact) mass is 364 g/mol. The van der Waals surface area contributed by atoms with Crippen molar-refractivity contribution in [3.8, 4) is 5.75 Å². The third kappa shape index (κ3) is 3.41. The Morgan fingerprint density at radius 1 is 1.04 bits per heavy atom. The molecule has 3 rings (SSSR count). The first-order valence-electron chi connectivity index (χ1n) is 8.26. The number of hydrogen-bond donors (Lipinski definition) is 0. The van der Waals surface area contributed by atoms with Crippen molar-refractivity contribution in [2.45, 2.75) is 64.8 Å². The first kappa shape index (κ1) is 19.1. The van der Waals surface area contributed by atoms with Crippen molar-refractivity contribution in [3.05, 3.63) is 28.8 Å². The molecule has 1 fully saturated rings. The van der Waals surface area contributed by atoms with Crippen LogP contribution in [0.1, 0.15) is 56.2 Å². The van der Waals surface area contributed by atoms with Crippen molar-refractivity contribution in [1.29, 1.82) is 0 Å². The standard InChI is InChI=1S/C15H17F3O3S.C2H6/c1-10-4-5-13(21-22(19,20)15(16,17)18)12-9-14(8-11(10)12)6-2-3-7-14;1-2/h4-5H,2-3,6-9H2,1H3;1-2H3. The Balaban J connectivity index is 0.00000100. The van der Waals surface area contributed by atoms with Gasteiger partial charge in [0, 0.05) is 0 Å². The lowest BCUT2D eigenvalue weighted by atomic mass is 9.83. The molecule has 24 heavy (non-hydrogen) atoms. The molecule has 0 unspecified atom stereocenters. The molecule has 2 aliphatic carbocycles. The van der Waals surface area contributed by atoms with Crippen molar-refractivity contribution < 1.29 is 25.8 Å². The quantitative estimate of drug-likeness (QED) is 0.553. The van der Waals surface area contributed by atoms with Gasteiger partial charge in [-0.05, 0) is 60.8 Å². The molecule has 0 bridgehead atoms. The summed E-state index contributed by atoms with van der Waals surface area (Å²) in [5.74, 6) is -0.165. The highest BCUT2D eigenvalue weighted by atomic mass is 32.2. The highest BCUT2D eigenvalue weighted by Gasteiger charge is 2.49. The first-order valence-corrected chi connectivity index (χ1v) is 9.67. The van der Waals surface area contributed by atoms with Gasteiger partial charge in [-0.2, -0.15) is 21.6 Å². The summed E-state index contributed by atoms with van der Waals surface area (Å²) in [5.41, 5.74) is -2.76. The molecule has 0 saturated heterocycles. The van der Waals surface area contributed by atoms with Gasteiger partial charge in [-0.15, -0.1) is 0 Å². The summed E-state index contributed by atoms with van der Waals surface area (Å²) in [6.45, 7) is 5.90. The third-order valence-electron chi connectivity index (χ3n) is 4.87. The van der Waals surface area contributed by atoms with Crippen LogP contribution in [0.4, 0.5) is 13.2 Å². The second-order valence-electron chi connectivity index (χ2n) is 6.38. The highest BCUT2D eigenvalue weighted by Crippen LogP contribution is 2.51. The molecule has 0 aliphatic heterocycles. The topological polar surface area (TPSA) is 43.4 Å². The van der Waals surface area contributed by atoms with Gasteiger partial charge in [-0.25, -0.2) is 0 Å². The largest absolute Gasteiger partial charge is 0.534 e. The summed E-state index contributed by atoms with van der Waals surface area (Å²) in [7, 11) is -5.62. The van der Waals surface area contributed by atoms with Crippen LogP contribution in [0.3, 0.4) is 0 Å². The van der Waals surface area contributed by atoms with E-state index in [1.165, 1.54) is 6.07 Å². The van der Waals surface area contributed by atoms with E-state index >= 15 is 0 Å². The Kier molecular flexibility index (Phi) is 5.23. The molecular formula is C17H23F3O3S. The maximum absolute atomic E-state index is 12.5. The Hall–Kier alpha value is -1.24. The van der Waals surface area contributed by atoms with E-state index in [9.17, 15) is 21.6 Å². The molecule has 0 amide bonds. The molecule has 2 aliphatic rings. The number of aryl methyl sites for hydroxylation is 1. The van der Waals surface area contributed by atoms with Crippen LogP contribution in [-0.4, -0.2) is 13.9 Å². The summed E-state index contributed by atoms with van der Waals surface area (Å²) in [5, 5.41) is 0. The van der Waals surface area contributed by atoms with Gasteiger partial charge >= 0.3 is 15.6 Å². The smallest absolute Gasteiger partial charge is 0.376 e. The zero-order valence-electron chi connectivity index (χ0n) is 14.2. The molecule has 0 radical (unpaired) electrons. The SMILES string of the molecule is CC.Cc1ccc(OS(=O)(=O)C(F)(F)F)c2c1CC1(CCCC1)C2. The molecule has 0 N–H and O–H groups in total. The van der Waals surface area contributed by atoms with E-state index in [1.807, 2.05) is 20.8 Å². The van der Waals surface area contributed by atoms with Gasteiger partial charge < -0.3 is 4.18 Å². The molecule has 0 heterocycles. The summed E-state index contributed by atoms with van der Waals surface area (Å²) >= 11 is 0. The molecule has 1 aromatic rings. The van der Waals surface area contributed by atoms with E-state index in [-0.39, 0.29) is 11.2 Å². The predicted octanol–water partition coefficient (Wildman–Crippen LogP) is 4.91. The minimum Gasteiger partial charge on any atom is -0.376 e. The highest BCUT2D eigenvalue weighted by molar-refractivity contribution is 7.88. The number of alkyl halides is 3. The van der Waals surface area contributed by atoms with Crippen LogP contribution >= 0.6 is 0 Å². The average molecular weight is 364 g/mol. The van der Waals surface area contributed by atoms with Crippen LogP contribution in [0.5, 0.6) is 5.75 Å². The van der Waals surface area contributed by atoms with E-state index in [1.54, 1.807) is 6.07 Å². The minimum absolute atomic E-state index is 0.0779. The van der Waals surface area contributed by atoms with Crippen LogP contribution in [0.2, 0.25) is 0 Å². The molecule has 7 heteroatoms. The Bertz CT molecular complexity index is 703. The molecular weight excluding hydrogens is 341 g/mol. The minimum atomic E-state index is -5.62. The van der Waals surface area contributed by atoms with Crippen molar-refractivity contribution in [2.75, 3.05) is 0 Å². The fraction of sp³-hybridized carbons (Fsp3) is 0.647. The second kappa shape index (κ2) is 6.58. The van der Waals surface area contributed by atoms with Gasteiger partial charge in [0.25, 0.3) is 0 Å². The molecule has 1 saturated carbocycles. The number of fused-ring (bicyclic) bond motifs is 1. The van der Waals surface area contributed by atoms with Gasteiger partial charge in [0.15, 0.2) is 0 Å². The average Bonchev–Trinajstić information content (AvgIpc) is 3.11. The molecule has 136 valence electrons. The zero-order valence-corrected chi connectivity index (χ0v) is 15.0. The Morgan fingerprint density at radius 3 is 2.12 bits per heavy atom. The first-order chi connectivity index (χ1) is 11.1. The predicted molar refractivity (Wildman–Crippen MR) is 86.4 cm³/mol. The molecule has 1 aromatic carbocycles. The lowest BCUT2D eigenvalue weighted by Crippen LogP contribution is -2.28. The Labute approximate surface area is 141 Å². The van der Waals surface area contributed by atoms with E-state index < -0.39 is 15.6 Å². The van der Waals surface area contributed by atoms with E-state index in [4.69, 9.17) is 0 Å². The maximum atomic E-state index is 12.5. The van der Waals surface area contributed by atoms with Crippen LogP contribution in [0.15, 0.2) is 12.1 Å². The normalized spacial score (nSPS) is 18.9. The molecule has 0 atom stereocenters. The van der Waals surface area contributed by atoms with E-state index in [0.29, 0.717) is 12.0 Å². The summed E-state index contributed by atoms with van der Waals surface area (Å²) in [6, 6.07) is 2.97. The second-order valence-corrected chi connectivity index (χ2v) is 7.92. The van der Waals surface area contributed by atoms with Crippen molar-refractivity contribution in [3.63, 3.8) is 0 Å². The van der Waals surface area contributed by atoms with Gasteiger partial charge in [0.05, 0.1) is 0 Å². The number of halogens is 3. The molecule has 1 spiro atoms. The summed E-state index contributed by atoms with van der Waals surface area (Å²) in [4.78, 5) is 0. The van der Waals surface area contributed by atoms with Gasteiger partial charge in [0.1, 0.15) is 5.75 Å². The van der Waals surface area contributed by atoms with Gasteiger partial charge in [-0.1, -0.05) is 32.8 Å². The third-order valence-corrected chi connectivity index (χ3v) is 5.84. The number of benzene rings is 1. The van der Waals surface area contributed by atoms with Gasteiger partial charge in [-0.3, -0.25) is 0 Å². The number of rotatable bonds is 2. The summed E-state index contributed by atoms with van der Waals surface area (Å²) < 4.78 is 64.6. The van der Waals surface area contributed by atoms with Crippen molar-refractivity contribution in [2.24, 2.45) is 5.41 Å².